The van der Waals surface area contributed by atoms with Crippen LogP contribution in [-0.4, -0.2) is 35.5 Å². The van der Waals surface area contributed by atoms with E-state index in [0.717, 1.165) is 27.7 Å². The van der Waals surface area contributed by atoms with Crippen LogP contribution in [-0.2, 0) is 15.0 Å². The number of para-hydroxylation sites is 1. The molecule has 1 unspecified atom stereocenters. The van der Waals surface area contributed by atoms with Gasteiger partial charge in [-0.2, -0.15) is 0 Å². The van der Waals surface area contributed by atoms with Gasteiger partial charge in [-0.3, -0.25) is 14.5 Å². The first-order chi connectivity index (χ1) is 19.1. The zero-order chi connectivity index (χ0) is 28.8. The summed E-state index contributed by atoms with van der Waals surface area (Å²) in [6.07, 6.45) is 0. The number of H-pyrrole nitrogens is 1. The number of carbonyl (C=O) groups excluding carboxylic acids is 2. The molecule has 1 aliphatic heterocycles. The number of anilines is 1. The monoisotopic (exact) mass is 538 g/mol. The van der Waals surface area contributed by atoms with Gasteiger partial charge in [0.2, 0.25) is 0 Å². The maximum atomic E-state index is 13.8. The van der Waals surface area contributed by atoms with Crippen LogP contribution in [0.3, 0.4) is 0 Å². The summed E-state index contributed by atoms with van der Waals surface area (Å²) in [5.41, 5.74) is 4.06. The number of fused-ring (bicyclic) bond motifs is 1. The number of ketones is 1. The molecular formula is C33H34N2O5. The highest BCUT2D eigenvalue weighted by atomic mass is 16.5. The Kier molecular flexibility index (Phi) is 6.92. The van der Waals surface area contributed by atoms with Crippen LogP contribution in [0, 0.1) is 6.92 Å². The van der Waals surface area contributed by atoms with Crippen LogP contribution >= 0.6 is 0 Å². The minimum atomic E-state index is -0.853. The second-order valence-corrected chi connectivity index (χ2v) is 11.0. The molecule has 1 atom stereocenters. The number of rotatable bonds is 6. The van der Waals surface area contributed by atoms with E-state index in [-0.39, 0.29) is 16.7 Å². The fourth-order valence-corrected chi connectivity index (χ4v) is 5.47. The number of amides is 1. The van der Waals surface area contributed by atoms with Gasteiger partial charge in [-0.05, 0) is 67.8 Å². The average molecular weight is 539 g/mol. The first-order valence-electron chi connectivity index (χ1n) is 13.4. The first-order valence-corrected chi connectivity index (χ1v) is 13.4. The van der Waals surface area contributed by atoms with Gasteiger partial charge in [0.15, 0.2) is 0 Å². The summed E-state index contributed by atoms with van der Waals surface area (Å²) in [5, 5.41) is 12.7. The summed E-state index contributed by atoms with van der Waals surface area (Å²) >= 11 is 0. The number of Topliss-reactive ketones (excluding diaryl/α,β-unsaturated/α-hetero) is 1. The fourth-order valence-electron chi connectivity index (χ4n) is 5.47. The van der Waals surface area contributed by atoms with Gasteiger partial charge >= 0.3 is 0 Å². The van der Waals surface area contributed by atoms with Crippen molar-refractivity contribution in [2.24, 2.45) is 0 Å². The van der Waals surface area contributed by atoms with Crippen molar-refractivity contribution in [2.45, 2.75) is 46.1 Å². The minimum absolute atomic E-state index is 0.0395. The van der Waals surface area contributed by atoms with E-state index in [0.29, 0.717) is 29.4 Å². The van der Waals surface area contributed by atoms with Crippen molar-refractivity contribution in [2.75, 3.05) is 18.6 Å². The molecule has 7 heteroatoms. The van der Waals surface area contributed by atoms with E-state index in [2.05, 4.69) is 25.8 Å². The number of aliphatic hydroxyl groups is 1. The molecule has 0 saturated carbocycles. The number of aliphatic hydroxyl groups excluding tert-OH is 1. The Balaban J connectivity index is 1.78. The van der Waals surface area contributed by atoms with E-state index in [4.69, 9.17) is 9.47 Å². The number of aromatic nitrogens is 1. The Labute approximate surface area is 234 Å². The normalized spacial score (nSPS) is 17.1. The number of hydrogen-bond acceptors (Lipinski definition) is 5. The van der Waals surface area contributed by atoms with Crippen molar-refractivity contribution in [3.05, 3.63) is 94.7 Å². The van der Waals surface area contributed by atoms with Crippen molar-refractivity contribution in [1.29, 1.82) is 0 Å². The Bertz CT molecular complexity index is 1640. The lowest BCUT2D eigenvalue weighted by molar-refractivity contribution is -0.132. The molecule has 0 radical (unpaired) electrons. The Morgan fingerprint density at radius 2 is 1.73 bits per heavy atom. The SMILES string of the molecule is CCOc1ccc(/C(O)=C2\C(=O)C(=O)N(c3ccc(OC)cc3)C2c2c(C)[nH]c3ccccc23)cc1C(C)(C)C. The molecule has 0 bridgehead atoms. The Morgan fingerprint density at radius 3 is 2.38 bits per heavy atom. The lowest BCUT2D eigenvalue weighted by atomic mass is 9.84. The zero-order valence-corrected chi connectivity index (χ0v) is 23.7. The lowest BCUT2D eigenvalue weighted by Gasteiger charge is -2.26. The van der Waals surface area contributed by atoms with Crippen LogP contribution in [0.15, 0.2) is 72.3 Å². The van der Waals surface area contributed by atoms with Crippen LogP contribution in [0.2, 0.25) is 0 Å². The van der Waals surface area contributed by atoms with E-state index < -0.39 is 17.7 Å². The molecule has 4 aromatic rings. The van der Waals surface area contributed by atoms with Crippen molar-refractivity contribution in [3.8, 4) is 11.5 Å². The maximum Gasteiger partial charge on any atom is 0.300 e. The third-order valence-electron chi connectivity index (χ3n) is 7.37. The molecule has 1 fully saturated rings. The van der Waals surface area contributed by atoms with Gasteiger partial charge in [-0.25, -0.2) is 0 Å². The van der Waals surface area contributed by atoms with E-state index in [1.54, 1.807) is 37.4 Å². The van der Waals surface area contributed by atoms with E-state index >= 15 is 0 Å². The van der Waals surface area contributed by atoms with E-state index in [1.165, 1.54) is 4.90 Å². The molecule has 1 aromatic heterocycles. The van der Waals surface area contributed by atoms with E-state index in [1.807, 2.05) is 50.2 Å². The predicted molar refractivity (Wildman–Crippen MR) is 157 cm³/mol. The number of methoxy groups -OCH3 is 1. The molecular weight excluding hydrogens is 504 g/mol. The first kappa shape index (κ1) is 27.1. The molecule has 1 aliphatic rings. The molecule has 206 valence electrons. The molecule has 0 aliphatic carbocycles. The summed E-state index contributed by atoms with van der Waals surface area (Å²) in [7, 11) is 1.57. The second kappa shape index (κ2) is 10.2. The van der Waals surface area contributed by atoms with Gasteiger partial charge in [0.25, 0.3) is 11.7 Å². The highest BCUT2D eigenvalue weighted by Crippen LogP contribution is 2.46. The van der Waals surface area contributed by atoms with Gasteiger partial charge in [-0.1, -0.05) is 39.0 Å². The number of aromatic amines is 1. The number of ether oxygens (including phenoxy) is 2. The average Bonchev–Trinajstić information content (AvgIpc) is 3.39. The van der Waals surface area contributed by atoms with Crippen LogP contribution in [0.5, 0.6) is 11.5 Å². The molecule has 1 amide bonds. The zero-order valence-electron chi connectivity index (χ0n) is 23.7. The van der Waals surface area contributed by atoms with Gasteiger partial charge < -0.3 is 19.6 Å². The molecule has 2 heterocycles. The summed E-state index contributed by atoms with van der Waals surface area (Å²) < 4.78 is 11.2. The largest absolute Gasteiger partial charge is 0.507 e. The topological polar surface area (TPSA) is 91.9 Å². The van der Waals surface area contributed by atoms with Crippen molar-refractivity contribution in [3.63, 3.8) is 0 Å². The molecule has 1 saturated heterocycles. The van der Waals surface area contributed by atoms with Crippen LogP contribution in [0.1, 0.15) is 56.1 Å². The number of aryl methyl sites for hydroxylation is 1. The fraction of sp³-hybridized carbons (Fsp3) is 0.273. The van der Waals surface area contributed by atoms with Crippen molar-refractivity contribution in [1.82, 2.24) is 4.98 Å². The molecule has 7 nitrogen and oxygen atoms in total. The maximum absolute atomic E-state index is 13.8. The highest BCUT2D eigenvalue weighted by Gasteiger charge is 2.48. The summed E-state index contributed by atoms with van der Waals surface area (Å²) in [4.78, 5) is 32.3. The second-order valence-electron chi connectivity index (χ2n) is 11.0. The van der Waals surface area contributed by atoms with Crippen LogP contribution < -0.4 is 14.4 Å². The van der Waals surface area contributed by atoms with Gasteiger partial charge in [0.1, 0.15) is 17.3 Å². The quantitative estimate of drug-likeness (QED) is 0.160. The lowest BCUT2D eigenvalue weighted by Crippen LogP contribution is -2.29. The van der Waals surface area contributed by atoms with Gasteiger partial charge in [0.05, 0.1) is 25.3 Å². The molecule has 5 rings (SSSR count). The third kappa shape index (κ3) is 4.51. The minimum Gasteiger partial charge on any atom is -0.507 e. The van der Waals surface area contributed by atoms with Crippen molar-refractivity contribution < 1.29 is 24.2 Å². The van der Waals surface area contributed by atoms with Gasteiger partial charge in [-0.15, -0.1) is 0 Å². The van der Waals surface area contributed by atoms with E-state index in [9.17, 15) is 14.7 Å². The highest BCUT2D eigenvalue weighted by molar-refractivity contribution is 6.52. The Hall–Kier alpha value is -4.52. The molecule has 0 spiro atoms. The molecule has 3 aromatic carbocycles. The Morgan fingerprint density at radius 1 is 1.02 bits per heavy atom. The number of nitrogens with one attached hydrogen (secondary N) is 1. The molecule has 40 heavy (non-hydrogen) atoms. The number of nitrogens with zero attached hydrogens (tertiary/aromatic N) is 1. The summed E-state index contributed by atoms with van der Waals surface area (Å²) in [6, 6.07) is 19.3. The smallest absolute Gasteiger partial charge is 0.300 e. The van der Waals surface area contributed by atoms with Crippen LogP contribution in [0.25, 0.3) is 16.7 Å². The number of benzene rings is 3. The van der Waals surface area contributed by atoms with Gasteiger partial charge in [0, 0.05) is 39.0 Å². The van der Waals surface area contributed by atoms with Crippen molar-refractivity contribution >= 4 is 34.0 Å². The standard InChI is InChI=1S/C33H34N2O5/c1-7-40-26-17-12-20(18-24(26)33(3,4)5)30(36)28-29(27-19(2)34-25-11-9-8-10-23(25)27)35(32(38)31(28)37)21-13-15-22(39-6)16-14-21/h8-18,29,34,36H,7H2,1-6H3/b30-28+. The van der Waals surface area contributed by atoms with Crippen LogP contribution in [0.4, 0.5) is 5.69 Å². The number of carbonyl (C=O) groups is 2. The number of hydrogen-bond donors (Lipinski definition) is 2. The summed E-state index contributed by atoms with van der Waals surface area (Å²) in [5.74, 6) is -0.325. The molecule has 2 N–H and O–H groups in total. The predicted octanol–water partition coefficient (Wildman–Crippen LogP) is 6.81. The summed E-state index contributed by atoms with van der Waals surface area (Å²) in [6.45, 7) is 10.5. The third-order valence-corrected chi connectivity index (χ3v) is 7.37.